The number of rotatable bonds is 10. The van der Waals surface area contributed by atoms with Crippen molar-refractivity contribution in [3.05, 3.63) is 64.5 Å². The first-order valence-corrected chi connectivity index (χ1v) is 12.7. The van der Waals surface area contributed by atoms with Gasteiger partial charge in [0.15, 0.2) is 0 Å². The molecule has 0 atom stereocenters. The maximum absolute atomic E-state index is 12.2. The molecule has 1 aromatic heterocycles. The average molecular weight is 502 g/mol. The van der Waals surface area contributed by atoms with Gasteiger partial charge >= 0.3 is 0 Å². The van der Waals surface area contributed by atoms with Crippen molar-refractivity contribution in [2.75, 3.05) is 54.4 Å². The molecule has 0 bridgehead atoms. The van der Waals surface area contributed by atoms with Gasteiger partial charge in [0.2, 0.25) is 0 Å². The zero-order valence-corrected chi connectivity index (χ0v) is 22.1. The van der Waals surface area contributed by atoms with E-state index in [9.17, 15) is 4.79 Å². The zero-order chi connectivity index (χ0) is 24.9. The number of nitrogens with two attached hydrogens (primary N) is 1. The molecule has 0 aliphatic rings. The summed E-state index contributed by atoms with van der Waals surface area (Å²) in [7, 11) is 8.15. The summed E-state index contributed by atoms with van der Waals surface area (Å²) in [6.07, 6.45) is 2.04. The van der Waals surface area contributed by atoms with Gasteiger partial charge in [-0.05, 0) is 84.9 Å². The molecule has 8 heteroatoms. The summed E-state index contributed by atoms with van der Waals surface area (Å²) >= 11 is 7.53. The van der Waals surface area contributed by atoms with Crippen LogP contribution in [-0.2, 0) is 0 Å². The molecular weight excluding hydrogens is 466 g/mol. The Balaban J connectivity index is 0.000000509. The first-order chi connectivity index (χ1) is 16.3. The standard InChI is InChI=1S/C21H22ClN3OS.C5H14N2/c1-25(2)13-3-12-23-20(26)16-4-6-17(7-5-16)21-24-19(14-27-21)15-8-10-18(22)11-9-15;1-7(2)5-3-4-6/h4-11,14H,3,12-13H2,1-2H3,(H,23,26);3-6H2,1-2H3. The van der Waals surface area contributed by atoms with E-state index in [0.29, 0.717) is 17.1 Å². The quantitative estimate of drug-likeness (QED) is 0.393. The number of amides is 1. The summed E-state index contributed by atoms with van der Waals surface area (Å²) in [4.78, 5) is 21.1. The Kier molecular flexibility index (Phi) is 12.2. The fourth-order valence-corrected chi connectivity index (χ4v) is 3.99. The number of hydrogen-bond acceptors (Lipinski definition) is 6. The maximum Gasteiger partial charge on any atom is 0.251 e. The number of halogens is 1. The van der Waals surface area contributed by atoms with Gasteiger partial charge in [-0.15, -0.1) is 11.3 Å². The van der Waals surface area contributed by atoms with E-state index >= 15 is 0 Å². The van der Waals surface area contributed by atoms with E-state index in [0.717, 1.165) is 54.3 Å². The van der Waals surface area contributed by atoms with Crippen molar-refractivity contribution in [1.29, 1.82) is 0 Å². The second kappa shape index (κ2) is 14.9. The van der Waals surface area contributed by atoms with Crippen LogP contribution >= 0.6 is 22.9 Å². The van der Waals surface area contributed by atoms with Crippen LogP contribution in [-0.4, -0.2) is 75.1 Å². The van der Waals surface area contributed by atoms with E-state index in [4.69, 9.17) is 22.3 Å². The van der Waals surface area contributed by atoms with Crippen molar-refractivity contribution in [3.63, 3.8) is 0 Å². The summed E-state index contributed by atoms with van der Waals surface area (Å²) < 4.78 is 0. The number of hydrogen-bond donors (Lipinski definition) is 2. The highest BCUT2D eigenvalue weighted by molar-refractivity contribution is 7.13. The Labute approximate surface area is 212 Å². The third-order valence-electron chi connectivity index (χ3n) is 4.92. The van der Waals surface area contributed by atoms with Gasteiger partial charge in [0.25, 0.3) is 5.91 Å². The molecule has 0 spiro atoms. The van der Waals surface area contributed by atoms with Crippen molar-refractivity contribution < 1.29 is 4.79 Å². The summed E-state index contributed by atoms with van der Waals surface area (Å²) in [6, 6.07) is 15.2. The van der Waals surface area contributed by atoms with Crippen molar-refractivity contribution >= 4 is 28.8 Å². The molecule has 0 aliphatic carbocycles. The Morgan fingerprint density at radius 1 is 0.941 bits per heavy atom. The summed E-state index contributed by atoms with van der Waals surface area (Å²) in [5.41, 5.74) is 8.88. The lowest BCUT2D eigenvalue weighted by Crippen LogP contribution is -2.27. The van der Waals surface area contributed by atoms with E-state index in [-0.39, 0.29) is 5.91 Å². The number of nitrogens with zero attached hydrogens (tertiary/aromatic N) is 3. The van der Waals surface area contributed by atoms with Gasteiger partial charge in [0.05, 0.1) is 5.69 Å². The zero-order valence-electron chi connectivity index (χ0n) is 20.6. The fraction of sp³-hybridized carbons (Fsp3) is 0.385. The smallest absolute Gasteiger partial charge is 0.251 e. The Bertz CT molecular complexity index is 987. The second-order valence-electron chi connectivity index (χ2n) is 8.48. The number of aromatic nitrogens is 1. The molecule has 3 aromatic rings. The third kappa shape index (κ3) is 9.91. The van der Waals surface area contributed by atoms with Gasteiger partial charge in [0.1, 0.15) is 5.01 Å². The molecule has 1 amide bonds. The first-order valence-electron chi connectivity index (χ1n) is 11.4. The van der Waals surface area contributed by atoms with E-state index in [2.05, 4.69) is 29.2 Å². The SMILES string of the molecule is CN(C)CCCN.CN(C)CCCNC(=O)c1ccc(-c2nc(-c3ccc(Cl)cc3)cs2)cc1. The summed E-state index contributed by atoms with van der Waals surface area (Å²) in [6.45, 7) is 3.55. The van der Waals surface area contributed by atoms with Crippen LogP contribution in [0, 0.1) is 0 Å². The van der Waals surface area contributed by atoms with E-state index in [1.807, 2.05) is 68.0 Å². The molecule has 6 nitrogen and oxygen atoms in total. The largest absolute Gasteiger partial charge is 0.352 e. The van der Waals surface area contributed by atoms with Crippen molar-refractivity contribution in [2.45, 2.75) is 12.8 Å². The molecule has 2 aromatic carbocycles. The fourth-order valence-electron chi connectivity index (χ4n) is 3.03. The molecule has 0 saturated carbocycles. The minimum Gasteiger partial charge on any atom is -0.352 e. The number of nitrogens with one attached hydrogen (secondary N) is 1. The highest BCUT2D eigenvalue weighted by atomic mass is 35.5. The lowest BCUT2D eigenvalue weighted by atomic mass is 10.1. The molecule has 0 aliphatic heterocycles. The molecule has 0 radical (unpaired) electrons. The number of benzene rings is 2. The van der Waals surface area contributed by atoms with Crippen LogP contribution in [0.25, 0.3) is 21.8 Å². The van der Waals surface area contributed by atoms with Crippen LogP contribution in [0.5, 0.6) is 0 Å². The van der Waals surface area contributed by atoms with Gasteiger partial charge < -0.3 is 20.9 Å². The van der Waals surface area contributed by atoms with Crippen LogP contribution in [0.15, 0.2) is 53.9 Å². The van der Waals surface area contributed by atoms with Crippen molar-refractivity contribution in [2.24, 2.45) is 5.73 Å². The molecule has 0 unspecified atom stereocenters. The Morgan fingerprint density at radius 3 is 2.09 bits per heavy atom. The molecular formula is C26H36ClN5OS. The van der Waals surface area contributed by atoms with Gasteiger partial charge in [-0.3, -0.25) is 4.79 Å². The predicted octanol–water partition coefficient (Wildman–Crippen LogP) is 4.71. The number of carbonyl (C=O) groups is 1. The molecule has 34 heavy (non-hydrogen) atoms. The first kappa shape index (κ1) is 28.0. The van der Waals surface area contributed by atoms with Crippen LogP contribution in [0.3, 0.4) is 0 Å². The molecule has 1 heterocycles. The second-order valence-corrected chi connectivity index (χ2v) is 9.77. The topological polar surface area (TPSA) is 74.5 Å². The Morgan fingerprint density at radius 2 is 1.53 bits per heavy atom. The van der Waals surface area contributed by atoms with Gasteiger partial charge in [0, 0.05) is 33.6 Å². The molecule has 184 valence electrons. The lowest BCUT2D eigenvalue weighted by Gasteiger charge is -2.10. The van der Waals surface area contributed by atoms with Crippen LogP contribution in [0.1, 0.15) is 23.2 Å². The molecule has 0 fully saturated rings. The monoisotopic (exact) mass is 501 g/mol. The number of thiazole rings is 1. The summed E-state index contributed by atoms with van der Waals surface area (Å²) in [5.74, 6) is -0.0405. The van der Waals surface area contributed by atoms with Crippen molar-refractivity contribution in [1.82, 2.24) is 20.1 Å². The van der Waals surface area contributed by atoms with E-state index in [1.165, 1.54) is 0 Å². The summed E-state index contributed by atoms with van der Waals surface area (Å²) in [5, 5.41) is 6.63. The normalized spacial score (nSPS) is 10.8. The van der Waals surface area contributed by atoms with Crippen LogP contribution in [0.4, 0.5) is 0 Å². The van der Waals surface area contributed by atoms with Gasteiger partial charge in [-0.2, -0.15) is 0 Å². The lowest BCUT2D eigenvalue weighted by molar-refractivity contribution is 0.0952. The average Bonchev–Trinajstić information content (AvgIpc) is 3.31. The maximum atomic E-state index is 12.2. The highest BCUT2D eigenvalue weighted by Crippen LogP contribution is 2.29. The minimum atomic E-state index is -0.0405. The third-order valence-corrected chi connectivity index (χ3v) is 6.06. The minimum absolute atomic E-state index is 0.0405. The molecule has 0 saturated heterocycles. The van der Waals surface area contributed by atoms with Gasteiger partial charge in [-0.25, -0.2) is 4.98 Å². The predicted molar refractivity (Wildman–Crippen MR) is 146 cm³/mol. The molecule has 3 rings (SSSR count). The van der Waals surface area contributed by atoms with Crippen LogP contribution < -0.4 is 11.1 Å². The van der Waals surface area contributed by atoms with Gasteiger partial charge in [-0.1, -0.05) is 35.9 Å². The number of carbonyl (C=O) groups excluding carboxylic acids is 1. The van der Waals surface area contributed by atoms with E-state index < -0.39 is 0 Å². The molecule has 3 N–H and O–H groups in total. The van der Waals surface area contributed by atoms with Crippen molar-refractivity contribution in [3.8, 4) is 21.8 Å². The highest BCUT2D eigenvalue weighted by Gasteiger charge is 2.09. The van der Waals surface area contributed by atoms with Crippen LogP contribution in [0.2, 0.25) is 5.02 Å². The Hall–Kier alpha value is -2.29. The van der Waals surface area contributed by atoms with E-state index in [1.54, 1.807) is 11.3 Å².